The third-order valence-electron chi connectivity index (χ3n) is 4.57. The third-order valence-corrected chi connectivity index (χ3v) is 5.82. The van der Waals surface area contributed by atoms with E-state index in [1.54, 1.807) is 11.3 Å². The Morgan fingerprint density at radius 1 is 1.23 bits per heavy atom. The van der Waals surface area contributed by atoms with Crippen molar-refractivity contribution < 1.29 is 0 Å². The molecule has 4 nitrogen and oxygen atoms in total. The van der Waals surface area contributed by atoms with Crippen LogP contribution in [0.4, 0.5) is 16.5 Å². The number of thiazole rings is 1. The van der Waals surface area contributed by atoms with E-state index >= 15 is 0 Å². The van der Waals surface area contributed by atoms with Crippen LogP contribution in [0.5, 0.6) is 0 Å². The molecule has 0 amide bonds. The van der Waals surface area contributed by atoms with Gasteiger partial charge in [0, 0.05) is 39.4 Å². The zero-order chi connectivity index (χ0) is 17.9. The van der Waals surface area contributed by atoms with Gasteiger partial charge >= 0.3 is 0 Å². The van der Waals surface area contributed by atoms with E-state index in [0.29, 0.717) is 6.04 Å². The van der Waals surface area contributed by atoms with Gasteiger partial charge in [-0.3, -0.25) is 5.32 Å². The van der Waals surface area contributed by atoms with Crippen LogP contribution in [0.15, 0.2) is 58.4 Å². The van der Waals surface area contributed by atoms with Gasteiger partial charge in [-0.05, 0) is 43.7 Å². The average molecular weight is 429 g/mol. The molecule has 2 N–H and O–H groups in total. The summed E-state index contributed by atoms with van der Waals surface area (Å²) in [4.78, 5) is 7.10. The van der Waals surface area contributed by atoms with E-state index in [9.17, 15) is 0 Å². The number of hydrogen-bond donors (Lipinski definition) is 2. The van der Waals surface area contributed by atoms with E-state index in [1.165, 1.54) is 12.1 Å². The molecule has 6 heteroatoms. The number of nitrogens with one attached hydrogen (secondary N) is 2. The number of nitrogens with zero attached hydrogens (tertiary/aromatic N) is 2. The normalized spacial score (nSPS) is 17.3. The highest BCUT2D eigenvalue weighted by Gasteiger charge is 2.15. The van der Waals surface area contributed by atoms with Gasteiger partial charge in [-0.1, -0.05) is 34.1 Å². The van der Waals surface area contributed by atoms with Crippen LogP contribution in [-0.4, -0.2) is 24.2 Å². The average Bonchev–Trinajstić information content (AvgIpc) is 3.11. The van der Waals surface area contributed by atoms with Crippen LogP contribution in [0.1, 0.15) is 13.3 Å². The first-order valence-electron chi connectivity index (χ1n) is 8.74. The van der Waals surface area contributed by atoms with Gasteiger partial charge in [-0.15, -0.1) is 11.3 Å². The van der Waals surface area contributed by atoms with Crippen molar-refractivity contribution in [3.8, 4) is 11.3 Å². The molecule has 0 saturated carbocycles. The number of rotatable bonds is 4. The molecule has 0 radical (unpaired) electrons. The van der Waals surface area contributed by atoms with Gasteiger partial charge in [0.15, 0.2) is 5.13 Å². The van der Waals surface area contributed by atoms with Gasteiger partial charge in [-0.25, -0.2) is 4.98 Å². The highest BCUT2D eigenvalue weighted by Crippen LogP contribution is 2.29. The largest absolute Gasteiger partial charge is 0.359 e. The van der Waals surface area contributed by atoms with Gasteiger partial charge in [-0.2, -0.15) is 0 Å². The van der Waals surface area contributed by atoms with Gasteiger partial charge in [0.1, 0.15) is 0 Å². The number of anilines is 3. The molecule has 1 unspecified atom stereocenters. The Labute approximate surface area is 166 Å². The van der Waals surface area contributed by atoms with Crippen molar-refractivity contribution in [1.82, 2.24) is 10.3 Å². The Bertz CT molecular complexity index is 870. The molecule has 0 spiro atoms. The number of hydrogen-bond acceptors (Lipinski definition) is 5. The molecule has 1 saturated heterocycles. The van der Waals surface area contributed by atoms with Gasteiger partial charge in [0.05, 0.1) is 12.4 Å². The Morgan fingerprint density at radius 3 is 2.81 bits per heavy atom. The van der Waals surface area contributed by atoms with Crippen molar-refractivity contribution in [3.05, 3.63) is 58.4 Å². The van der Waals surface area contributed by atoms with Crippen LogP contribution in [-0.2, 0) is 0 Å². The van der Waals surface area contributed by atoms with E-state index < -0.39 is 0 Å². The van der Waals surface area contributed by atoms with Crippen LogP contribution < -0.4 is 15.5 Å². The molecule has 1 fully saturated rings. The third kappa shape index (κ3) is 4.09. The van der Waals surface area contributed by atoms with Crippen LogP contribution >= 0.6 is 27.3 Å². The van der Waals surface area contributed by atoms with Gasteiger partial charge < -0.3 is 10.2 Å². The maximum atomic E-state index is 4.72. The SMILES string of the molecule is CC1CCN(c2ccc(-c3csc(Nc4cccc(Br)c4)n3)cc2)CN1. The molecular formula is C20H21BrN4S. The number of benzene rings is 2. The quantitative estimate of drug-likeness (QED) is 0.578. The van der Waals surface area contributed by atoms with Crippen LogP contribution in [0, 0.1) is 0 Å². The van der Waals surface area contributed by atoms with E-state index in [0.717, 1.165) is 39.8 Å². The standard InChI is InChI=1S/C20H21BrN4S/c1-14-9-10-25(13-22-14)18-7-5-15(6-8-18)19-12-26-20(24-19)23-17-4-2-3-16(21)11-17/h2-8,11-12,14,22H,9-10,13H2,1H3,(H,23,24). The van der Waals surface area contributed by atoms with Gasteiger partial charge in [0.2, 0.25) is 0 Å². The Morgan fingerprint density at radius 2 is 2.08 bits per heavy atom. The molecule has 2 aromatic carbocycles. The van der Waals surface area contributed by atoms with E-state index in [4.69, 9.17) is 4.98 Å². The Kier molecular flexibility index (Phi) is 5.24. The lowest BCUT2D eigenvalue weighted by Gasteiger charge is -2.33. The summed E-state index contributed by atoms with van der Waals surface area (Å²) in [6, 6.07) is 17.4. The first-order chi connectivity index (χ1) is 12.7. The fraction of sp³-hybridized carbons (Fsp3) is 0.250. The van der Waals surface area contributed by atoms with Crippen LogP contribution in [0.25, 0.3) is 11.3 Å². The minimum Gasteiger partial charge on any atom is -0.359 e. The van der Waals surface area contributed by atoms with Crippen molar-refractivity contribution in [2.75, 3.05) is 23.4 Å². The lowest BCUT2D eigenvalue weighted by molar-refractivity contribution is 0.451. The summed E-state index contributed by atoms with van der Waals surface area (Å²) in [7, 11) is 0. The molecular weight excluding hydrogens is 408 g/mol. The Hall–Kier alpha value is -1.89. The van der Waals surface area contributed by atoms with Gasteiger partial charge in [0.25, 0.3) is 0 Å². The number of halogens is 1. The van der Waals surface area contributed by atoms with E-state index in [-0.39, 0.29) is 0 Å². The summed E-state index contributed by atoms with van der Waals surface area (Å²) in [5.41, 5.74) is 4.44. The zero-order valence-corrected chi connectivity index (χ0v) is 17.0. The maximum absolute atomic E-state index is 4.72. The van der Waals surface area contributed by atoms with Crippen molar-refractivity contribution in [2.45, 2.75) is 19.4 Å². The minimum absolute atomic E-state index is 0.608. The predicted octanol–water partition coefficient (Wildman–Crippen LogP) is 5.46. The molecule has 2 heterocycles. The molecule has 4 rings (SSSR count). The molecule has 26 heavy (non-hydrogen) atoms. The van der Waals surface area contributed by atoms with Crippen molar-refractivity contribution in [2.24, 2.45) is 0 Å². The summed E-state index contributed by atoms with van der Waals surface area (Å²) in [5.74, 6) is 0. The predicted molar refractivity (Wildman–Crippen MR) is 114 cm³/mol. The second-order valence-electron chi connectivity index (χ2n) is 6.54. The molecule has 1 aliphatic heterocycles. The molecule has 1 atom stereocenters. The fourth-order valence-corrected chi connectivity index (χ4v) is 4.15. The van der Waals surface area contributed by atoms with E-state index in [1.807, 2.05) is 24.3 Å². The molecule has 1 aliphatic rings. The molecule has 3 aromatic rings. The van der Waals surface area contributed by atoms with Crippen molar-refractivity contribution in [1.29, 1.82) is 0 Å². The monoisotopic (exact) mass is 428 g/mol. The summed E-state index contributed by atoms with van der Waals surface area (Å²) < 4.78 is 1.05. The van der Waals surface area contributed by atoms with Crippen LogP contribution in [0.3, 0.4) is 0 Å². The summed E-state index contributed by atoms with van der Waals surface area (Å²) in [5, 5.41) is 9.87. The van der Waals surface area contributed by atoms with Crippen molar-refractivity contribution >= 4 is 43.8 Å². The smallest absolute Gasteiger partial charge is 0.187 e. The highest BCUT2D eigenvalue weighted by atomic mass is 79.9. The topological polar surface area (TPSA) is 40.2 Å². The van der Waals surface area contributed by atoms with Crippen molar-refractivity contribution in [3.63, 3.8) is 0 Å². The summed E-state index contributed by atoms with van der Waals surface area (Å²) in [6.07, 6.45) is 1.18. The highest BCUT2D eigenvalue weighted by molar-refractivity contribution is 9.10. The Balaban J connectivity index is 1.45. The maximum Gasteiger partial charge on any atom is 0.187 e. The van der Waals surface area contributed by atoms with E-state index in [2.05, 4.69) is 68.0 Å². The molecule has 0 aliphatic carbocycles. The summed E-state index contributed by atoms with van der Waals surface area (Å²) in [6.45, 7) is 4.26. The summed E-state index contributed by atoms with van der Waals surface area (Å²) >= 11 is 5.11. The molecule has 0 bridgehead atoms. The first kappa shape index (κ1) is 17.5. The first-order valence-corrected chi connectivity index (χ1v) is 10.4. The van der Waals surface area contributed by atoms with Crippen LogP contribution in [0.2, 0.25) is 0 Å². The number of aromatic nitrogens is 1. The fourth-order valence-electron chi connectivity index (χ4n) is 3.01. The second-order valence-corrected chi connectivity index (χ2v) is 8.31. The second kappa shape index (κ2) is 7.78. The lowest BCUT2D eigenvalue weighted by atomic mass is 10.1. The minimum atomic E-state index is 0.608. The zero-order valence-electron chi connectivity index (χ0n) is 14.6. The molecule has 1 aromatic heterocycles. The lowest BCUT2D eigenvalue weighted by Crippen LogP contribution is -2.46. The molecule has 134 valence electrons.